The van der Waals surface area contributed by atoms with Crippen LogP contribution in [0.5, 0.6) is 0 Å². The van der Waals surface area contributed by atoms with Crippen LogP contribution in [-0.2, 0) is 0 Å². The number of likely N-dealkylation sites (tertiary alicyclic amines) is 1. The van der Waals surface area contributed by atoms with Crippen molar-refractivity contribution in [3.63, 3.8) is 0 Å². The van der Waals surface area contributed by atoms with Gasteiger partial charge in [0.05, 0.1) is 11.6 Å². The Labute approximate surface area is 146 Å². The molecule has 4 rings (SSSR count). The normalized spacial score (nSPS) is 17.1. The molecule has 1 atom stereocenters. The zero-order valence-electron chi connectivity index (χ0n) is 12.9. The highest BCUT2D eigenvalue weighted by atomic mass is 35.5. The smallest absolute Gasteiger partial charge is 0.297 e. The number of halogens is 3. The number of carbonyl (C=O) groups is 1. The third kappa shape index (κ3) is 2.74. The van der Waals surface area contributed by atoms with Crippen molar-refractivity contribution in [2.24, 2.45) is 0 Å². The van der Waals surface area contributed by atoms with E-state index in [0.717, 1.165) is 16.4 Å². The van der Waals surface area contributed by atoms with Gasteiger partial charge in [0.2, 0.25) is 5.82 Å². The average Bonchev–Trinajstić information content (AvgIpc) is 2.99. The van der Waals surface area contributed by atoms with Crippen molar-refractivity contribution in [2.75, 3.05) is 6.54 Å². The molecule has 1 aromatic carbocycles. The molecule has 2 aromatic heterocycles. The number of nitrogens with zero attached hydrogens (tertiary/aromatic N) is 4. The molecule has 0 radical (unpaired) electrons. The van der Waals surface area contributed by atoms with Gasteiger partial charge in [0, 0.05) is 17.8 Å². The van der Waals surface area contributed by atoms with Crippen LogP contribution in [0.4, 0.5) is 8.78 Å². The number of aromatic nitrogens is 3. The van der Waals surface area contributed by atoms with E-state index in [4.69, 9.17) is 11.6 Å². The fraction of sp³-hybridized carbons (Fsp3) is 0.235. The molecule has 1 fully saturated rings. The lowest BCUT2D eigenvalue weighted by atomic mass is 9.94. The maximum Gasteiger partial charge on any atom is 0.297 e. The van der Waals surface area contributed by atoms with Gasteiger partial charge in [-0.15, -0.1) is 10.2 Å². The molecule has 3 aromatic rings. The molecule has 0 bridgehead atoms. The lowest BCUT2D eigenvalue weighted by Crippen LogP contribution is -2.45. The van der Waals surface area contributed by atoms with Crippen LogP contribution >= 0.6 is 11.6 Å². The third-order valence-corrected chi connectivity index (χ3v) is 4.66. The van der Waals surface area contributed by atoms with E-state index in [-0.39, 0.29) is 17.6 Å². The Morgan fingerprint density at radius 2 is 1.92 bits per heavy atom. The van der Waals surface area contributed by atoms with Crippen LogP contribution in [0.25, 0.3) is 5.65 Å². The van der Waals surface area contributed by atoms with Crippen molar-refractivity contribution in [1.29, 1.82) is 0 Å². The molecule has 3 heterocycles. The van der Waals surface area contributed by atoms with E-state index >= 15 is 0 Å². The van der Waals surface area contributed by atoms with Crippen LogP contribution < -0.4 is 0 Å². The Bertz CT molecular complexity index is 941. The molecule has 1 saturated heterocycles. The number of carbonyl (C=O) groups excluding carboxylic acids is 1. The summed E-state index contributed by atoms with van der Waals surface area (Å²) >= 11 is 5.90. The first kappa shape index (κ1) is 16.0. The molecular formula is C17H13ClF2N4O. The van der Waals surface area contributed by atoms with E-state index in [0.29, 0.717) is 17.1 Å². The standard InChI is InChI=1S/C17H13ClF2N4O/c18-12-4-1-10(2-5-12)13-7-8-23(13)17(25)11-3-6-14-21-22-16(15(19)20)24(14)9-11/h1-6,9,13,15H,7-8H2. The minimum absolute atomic E-state index is 0.0315. The highest BCUT2D eigenvalue weighted by molar-refractivity contribution is 6.30. The monoisotopic (exact) mass is 362 g/mol. The molecule has 0 spiro atoms. The molecule has 1 aliphatic heterocycles. The summed E-state index contributed by atoms with van der Waals surface area (Å²) < 4.78 is 27.1. The van der Waals surface area contributed by atoms with Crippen LogP contribution in [0.2, 0.25) is 5.02 Å². The number of rotatable bonds is 3. The largest absolute Gasteiger partial charge is 0.331 e. The molecule has 8 heteroatoms. The maximum atomic E-state index is 13.0. The second kappa shape index (κ2) is 6.07. The highest BCUT2D eigenvalue weighted by Gasteiger charge is 2.34. The van der Waals surface area contributed by atoms with Crippen LogP contribution in [0.3, 0.4) is 0 Å². The van der Waals surface area contributed by atoms with Crippen molar-refractivity contribution >= 4 is 23.2 Å². The molecule has 5 nitrogen and oxygen atoms in total. The molecular weight excluding hydrogens is 350 g/mol. The number of benzene rings is 1. The fourth-order valence-electron chi connectivity index (χ4n) is 3.01. The minimum atomic E-state index is -2.76. The predicted molar refractivity (Wildman–Crippen MR) is 87.8 cm³/mol. The van der Waals surface area contributed by atoms with Crippen molar-refractivity contribution in [3.8, 4) is 0 Å². The van der Waals surface area contributed by atoms with Gasteiger partial charge in [-0.05, 0) is 36.2 Å². The summed E-state index contributed by atoms with van der Waals surface area (Å²) in [5.74, 6) is -0.676. The Balaban J connectivity index is 1.63. The van der Waals surface area contributed by atoms with E-state index in [1.807, 2.05) is 12.1 Å². The summed E-state index contributed by atoms with van der Waals surface area (Å²) in [6.07, 6.45) is -0.535. The van der Waals surface area contributed by atoms with Crippen molar-refractivity contribution in [3.05, 3.63) is 64.6 Å². The van der Waals surface area contributed by atoms with Crippen LogP contribution in [0.1, 0.15) is 40.6 Å². The zero-order valence-corrected chi connectivity index (χ0v) is 13.7. The first-order valence-corrected chi connectivity index (χ1v) is 8.11. The van der Waals surface area contributed by atoms with E-state index in [2.05, 4.69) is 10.2 Å². The van der Waals surface area contributed by atoms with Gasteiger partial charge in [-0.3, -0.25) is 9.20 Å². The SMILES string of the molecule is O=C(c1ccc2nnc(C(F)F)n2c1)N1CCC1c1ccc(Cl)cc1. The zero-order chi connectivity index (χ0) is 17.6. The van der Waals surface area contributed by atoms with Crippen LogP contribution in [0, 0.1) is 0 Å². The molecule has 25 heavy (non-hydrogen) atoms. The van der Waals surface area contributed by atoms with Crippen molar-refractivity contribution in [1.82, 2.24) is 19.5 Å². The van der Waals surface area contributed by atoms with Gasteiger partial charge in [0.1, 0.15) is 0 Å². The quantitative estimate of drug-likeness (QED) is 0.710. The van der Waals surface area contributed by atoms with E-state index in [1.165, 1.54) is 12.3 Å². The third-order valence-electron chi connectivity index (χ3n) is 4.41. The molecule has 0 saturated carbocycles. The van der Waals surface area contributed by atoms with Gasteiger partial charge < -0.3 is 4.90 Å². The van der Waals surface area contributed by atoms with Crippen LogP contribution in [0.15, 0.2) is 42.6 Å². The number of hydrogen-bond donors (Lipinski definition) is 0. The average molecular weight is 363 g/mol. The molecule has 1 amide bonds. The number of hydrogen-bond acceptors (Lipinski definition) is 3. The molecule has 0 aliphatic carbocycles. The molecule has 128 valence electrons. The van der Waals surface area contributed by atoms with E-state index in [9.17, 15) is 13.6 Å². The van der Waals surface area contributed by atoms with Gasteiger partial charge in [-0.25, -0.2) is 8.78 Å². The topological polar surface area (TPSA) is 50.5 Å². The fourth-order valence-corrected chi connectivity index (χ4v) is 3.14. The van der Waals surface area contributed by atoms with Crippen LogP contribution in [-0.4, -0.2) is 31.9 Å². The minimum Gasteiger partial charge on any atom is -0.331 e. The maximum absolute atomic E-state index is 13.0. The number of fused-ring (bicyclic) bond motifs is 1. The first-order valence-electron chi connectivity index (χ1n) is 7.74. The Morgan fingerprint density at radius 1 is 1.16 bits per heavy atom. The molecule has 1 aliphatic rings. The summed E-state index contributed by atoms with van der Waals surface area (Å²) in [7, 11) is 0. The first-order chi connectivity index (χ1) is 12.0. The summed E-state index contributed by atoms with van der Waals surface area (Å²) in [5.41, 5.74) is 1.61. The molecule has 0 N–H and O–H groups in total. The summed E-state index contributed by atoms with van der Waals surface area (Å²) in [5, 5.41) is 7.79. The number of amides is 1. The van der Waals surface area contributed by atoms with Gasteiger partial charge in [-0.2, -0.15) is 0 Å². The summed E-state index contributed by atoms with van der Waals surface area (Å²) in [4.78, 5) is 14.5. The Hall–Kier alpha value is -2.54. The van der Waals surface area contributed by atoms with E-state index in [1.54, 1.807) is 23.1 Å². The van der Waals surface area contributed by atoms with E-state index < -0.39 is 12.2 Å². The van der Waals surface area contributed by atoms with Gasteiger partial charge >= 0.3 is 0 Å². The van der Waals surface area contributed by atoms with Gasteiger partial charge in [0.15, 0.2) is 5.65 Å². The van der Waals surface area contributed by atoms with Crippen molar-refractivity contribution < 1.29 is 13.6 Å². The predicted octanol–water partition coefficient (Wildman–Crippen LogP) is 3.91. The second-order valence-electron chi connectivity index (χ2n) is 5.86. The Morgan fingerprint density at radius 3 is 2.56 bits per heavy atom. The lowest BCUT2D eigenvalue weighted by molar-refractivity contribution is 0.0459. The van der Waals surface area contributed by atoms with Gasteiger partial charge in [-0.1, -0.05) is 23.7 Å². The number of pyridine rings is 1. The second-order valence-corrected chi connectivity index (χ2v) is 6.30. The lowest BCUT2D eigenvalue weighted by Gasteiger charge is -2.41. The summed E-state index contributed by atoms with van der Waals surface area (Å²) in [6.45, 7) is 0.619. The van der Waals surface area contributed by atoms with Gasteiger partial charge in [0.25, 0.3) is 12.3 Å². The summed E-state index contributed by atoms with van der Waals surface area (Å²) in [6, 6.07) is 10.4. The van der Waals surface area contributed by atoms with Crippen molar-refractivity contribution in [2.45, 2.75) is 18.9 Å². The Kier molecular flexibility index (Phi) is 3.88. The highest BCUT2D eigenvalue weighted by Crippen LogP contribution is 2.35. The number of alkyl halides is 2. The molecule has 1 unspecified atom stereocenters.